The highest BCUT2D eigenvalue weighted by atomic mass is 35.5. The van der Waals surface area contributed by atoms with Crippen molar-refractivity contribution in [2.45, 2.75) is 12.5 Å². The molecule has 0 N–H and O–H groups in total. The van der Waals surface area contributed by atoms with Gasteiger partial charge in [-0.25, -0.2) is 4.98 Å². The molecule has 1 aliphatic heterocycles. The van der Waals surface area contributed by atoms with Gasteiger partial charge in [-0.2, -0.15) is 4.98 Å². The molecule has 2 heterocycles. The molecular weight excluding hydrogens is 258 g/mol. The molecule has 98 valence electrons. The van der Waals surface area contributed by atoms with Crippen molar-refractivity contribution in [3.05, 3.63) is 21.6 Å². The van der Waals surface area contributed by atoms with Gasteiger partial charge in [-0.1, -0.05) is 0 Å². The van der Waals surface area contributed by atoms with E-state index in [2.05, 4.69) is 14.9 Å². The van der Waals surface area contributed by atoms with Crippen molar-refractivity contribution in [1.29, 1.82) is 0 Å². The van der Waals surface area contributed by atoms with Crippen LogP contribution in [0.4, 0.5) is 11.5 Å². The maximum Gasteiger partial charge on any atom is 0.329 e. The molecule has 8 heteroatoms. The summed E-state index contributed by atoms with van der Waals surface area (Å²) in [7, 11) is 3.99. The number of hydrogen-bond acceptors (Lipinski definition) is 6. The van der Waals surface area contributed by atoms with Crippen LogP contribution >= 0.6 is 11.6 Å². The van der Waals surface area contributed by atoms with Crippen LogP contribution in [0.15, 0.2) is 6.20 Å². The Kier molecular flexibility index (Phi) is 3.63. The van der Waals surface area contributed by atoms with Gasteiger partial charge in [0.2, 0.25) is 11.1 Å². The fraction of sp³-hybridized carbons (Fsp3) is 0.600. The van der Waals surface area contributed by atoms with E-state index in [0.29, 0.717) is 18.4 Å². The zero-order valence-corrected chi connectivity index (χ0v) is 11.0. The van der Waals surface area contributed by atoms with Crippen molar-refractivity contribution in [3.8, 4) is 0 Å². The molecule has 7 nitrogen and oxygen atoms in total. The highest BCUT2D eigenvalue weighted by Gasteiger charge is 2.30. The summed E-state index contributed by atoms with van der Waals surface area (Å²) in [6, 6.07) is 0.373. The Bertz CT molecular complexity index is 468. The lowest BCUT2D eigenvalue weighted by Gasteiger charge is -2.20. The lowest BCUT2D eigenvalue weighted by atomic mass is 10.2. The van der Waals surface area contributed by atoms with Gasteiger partial charge in [-0.3, -0.25) is 10.1 Å². The van der Waals surface area contributed by atoms with E-state index in [0.717, 1.165) is 19.2 Å². The SMILES string of the molecule is CN(C)C1CCN(c2nc(Cl)ncc2[N+](=O)[O-])C1. The first-order valence-electron chi connectivity index (χ1n) is 5.57. The first kappa shape index (κ1) is 13.0. The summed E-state index contributed by atoms with van der Waals surface area (Å²) in [6.07, 6.45) is 2.11. The summed E-state index contributed by atoms with van der Waals surface area (Å²) in [5.41, 5.74) is -0.0983. The molecule has 1 aromatic rings. The van der Waals surface area contributed by atoms with E-state index in [4.69, 9.17) is 11.6 Å². The molecule has 1 atom stereocenters. The van der Waals surface area contributed by atoms with Gasteiger partial charge in [0.25, 0.3) is 0 Å². The Balaban J connectivity index is 2.28. The lowest BCUT2D eigenvalue weighted by Crippen LogP contribution is -2.32. The maximum atomic E-state index is 11.0. The van der Waals surface area contributed by atoms with E-state index in [1.165, 1.54) is 0 Å². The Morgan fingerprint density at radius 2 is 2.33 bits per heavy atom. The molecule has 0 bridgehead atoms. The van der Waals surface area contributed by atoms with E-state index in [1.54, 1.807) is 0 Å². The molecule has 1 saturated heterocycles. The molecule has 1 aliphatic rings. The fourth-order valence-corrected chi connectivity index (χ4v) is 2.19. The number of halogens is 1. The Morgan fingerprint density at radius 1 is 1.61 bits per heavy atom. The summed E-state index contributed by atoms with van der Waals surface area (Å²) in [6.45, 7) is 1.44. The molecule has 0 spiro atoms. The van der Waals surface area contributed by atoms with Crippen LogP contribution in [0.1, 0.15) is 6.42 Å². The highest BCUT2D eigenvalue weighted by Crippen LogP contribution is 2.29. The highest BCUT2D eigenvalue weighted by molar-refractivity contribution is 6.28. The average Bonchev–Trinajstić information content (AvgIpc) is 2.77. The predicted octanol–water partition coefficient (Wildman–Crippen LogP) is 1.18. The number of likely N-dealkylation sites (N-methyl/N-ethyl adjacent to an activating group) is 1. The zero-order valence-electron chi connectivity index (χ0n) is 10.2. The maximum absolute atomic E-state index is 11.0. The molecule has 0 amide bonds. The summed E-state index contributed by atoms with van der Waals surface area (Å²) in [5.74, 6) is 0.310. The normalized spacial score (nSPS) is 19.6. The quantitative estimate of drug-likeness (QED) is 0.467. The Labute approximate surface area is 110 Å². The number of anilines is 1. The third-order valence-electron chi connectivity index (χ3n) is 3.11. The molecule has 0 radical (unpaired) electrons. The number of nitrogens with zero attached hydrogens (tertiary/aromatic N) is 5. The van der Waals surface area contributed by atoms with Crippen LogP contribution in [-0.2, 0) is 0 Å². The van der Waals surface area contributed by atoms with Crippen molar-refractivity contribution >= 4 is 23.1 Å². The number of rotatable bonds is 3. The molecule has 18 heavy (non-hydrogen) atoms. The second kappa shape index (κ2) is 5.03. The monoisotopic (exact) mass is 271 g/mol. The summed E-state index contributed by atoms with van der Waals surface area (Å²) < 4.78 is 0. The van der Waals surface area contributed by atoms with Crippen molar-refractivity contribution < 1.29 is 4.92 Å². The van der Waals surface area contributed by atoms with Crippen LogP contribution in [0, 0.1) is 10.1 Å². The van der Waals surface area contributed by atoms with Crippen LogP contribution in [-0.4, -0.2) is 53.0 Å². The standard InChI is InChI=1S/C10H14ClN5O2/c1-14(2)7-3-4-15(6-7)9-8(16(17)18)5-12-10(11)13-9/h5,7H,3-4,6H2,1-2H3. The van der Waals surface area contributed by atoms with Crippen molar-refractivity contribution in [3.63, 3.8) is 0 Å². The van der Waals surface area contributed by atoms with Gasteiger partial charge in [0, 0.05) is 19.1 Å². The van der Waals surface area contributed by atoms with Crippen LogP contribution in [0.2, 0.25) is 5.28 Å². The van der Waals surface area contributed by atoms with E-state index in [-0.39, 0.29) is 11.0 Å². The fourth-order valence-electron chi connectivity index (χ4n) is 2.06. The minimum absolute atomic E-state index is 0.0314. The molecule has 0 aliphatic carbocycles. The number of aromatic nitrogens is 2. The number of hydrogen-bond donors (Lipinski definition) is 0. The van der Waals surface area contributed by atoms with E-state index in [1.807, 2.05) is 19.0 Å². The summed E-state index contributed by atoms with van der Waals surface area (Å²) in [4.78, 5) is 22.1. The first-order valence-corrected chi connectivity index (χ1v) is 5.95. The molecule has 1 fully saturated rings. The molecule has 1 aromatic heterocycles. The summed E-state index contributed by atoms with van der Waals surface area (Å²) in [5, 5.41) is 11.0. The van der Waals surface area contributed by atoms with Gasteiger partial charge >= 0.3 is 5.69 Å². The van der Waals surface area contributed by atoms with Crippen molar-refractivity contribution in [2.75, 3.05) is 32.1 Å². The minimum Gasteiger partial charge on any atom is -0.349 e. The predicted molar refractivity (Wildman–Crippen MR) is 68.0 cm³/mol. The second-order valence-electron chi connectivity index (χ2n) is 4.46. The number of nitro groups is 1. The topological polar surface area (TPSA) is 75.4 Å². The smallest absolute Gasteiger partial charge is 0.329 e. The van der Waals surface area contributed by atoms with Gasteiger partial charge in [0.1, 0.15) is 6.20 Å². The largest absolute Gasteiger partial charge is 0.349 e. The Hall–Kier alpha value is -1.47. The summed E-state index contributed by atoms with van der Waals surface area (Å²) >= 11 is 5.72. The third-order valence-corrected chi connectivity index (χ3v) is 3.29. The van der Waals surface area contributed by atoms with Crippen LogP contribution in [0.5, 0.6) is 0 Å². The van der Waals surface area contributed by atoms with E-state index >= 15 is 0 Å². The van der Waals surface area contributed by atoms with Crippen LogP contribution in [0.25, 0.3) is 0 Å². The van der Waals surface area contributed by atoms with Crippen LogP contribution < -0.4 is 4.90 Å². The van der Waals surface area contributed by atoms with Gasteiger partial charge in [-0.15, -0.1) is 0 Å². The van der Waals surface area contributed by atoms with Gasteiger partial charge < -0.3 is 9.80 Å². The first-order chi connectivity index (χ1) is 8.49. The molecular formula is C10H14ClN5O2. The van der Waals surface area contributed by atoms with E-state index in [9.17, 15) is 10.1 Å². The molecule has 1 unspecified atom stereocenters. The van der Waals surface area contributed by atoms with Gasteiger partial charge in [-0.05, 0) is 32.1 Å². The third kappa shape index (κ3) is 2.51. The molecule has 2 rings (SSSR count). The lowest BCUT2D eigenvalue weighted by molar-refractivity contribution is -0.384. The molecule has 0 saturated carbocycles. The van der Waals surface area contributed by atoms with E-state index < -0.39 is 4.92 Å². The van der Waals surface area contributed by atoms with Crippen molar-refractivity contribution in [1.82, 2.24) is 14.9 Å². The van der Waals surface area contributed by atoms with Crippen molar-refractivity contribution in [2.24, 2.45) is 0 Å². The van der Waals surface area contributed by atoms with Gasteiger partial charge in [0.15, 0.2) is 0 Å². The minimum atomic E-state index is -0.478. The zero-order chi connectivity index (χ0) is 13.3. The average molecular weight is 272 g/mol. The Morgan fingerprint density at radius 3 is 2.89 bits per heavy atom. The van der Waals surface area contributed by atoms with Crippen LogP contribution in [0.3, 0.4) is 0 Å². The van der Waals surface area contributed by atoms with Gasteiger partial charge in [0.05, 0.1) is 4.92 Å². The second-order valence-corrected chi connectivity index (χ2v) is 4.80. The molecule has 0 aromatic carbocycles.